The topological polar surface area (TPSA) is 74.7 Å². The van der Waals surface area contributed by atoms with Gasteiger partial charge in [0.05, 0.1) is 16.7 Å². The highest BCUT2D eigenvalue weighted by atomic mass is 35.5. The van der Waals surface area contributed by atoms with Crippen LogP contribution >= 0.6 is 11.6 Å². The van der Waals surface area contributed by atoms with Gasteiger partial charge in [-0.25, -0.2) is 9.69 Å². The number of benzene rings is 1. The molecular formula is C15H16ClNO4. The minimum Gasteiger partial charge on any atom is -0.478 e. The molecule has 2 amide bonds. The third kappa shape index (κ3) is 2.42. The molecule has 1 aromatic rings. The maximum absolute atomic E-state index is 12.6. The standard InChI is InChI=1S/C15H16ClNO4/c1-8(2)15(3)7-12(18)17(14(15)21)11-6-9(16)4-5-10(11)13(19)20/h4-6,8H,7H2,1-3H3,(H,19,20). The Morgan fingerprint density at radius 2 is 2.00 bits per heavy atom. The molecule has 0 saturated carbocycles. The molecule has 1 saturated heterocycles. The first-order valence-electron chi connectivity index (χ1n) is 6.58. The monoisotopic (exact) mass is 309 g/mol. The van der Waals surface area contributed by atoms with Gasteiger partial charge in [-0.1, -0.05) is 25.4 Å². The van der Waals surface area contributed by atoms with Crippen molar-refractivity contribution < 1.29 is 19.5 Å². The molecule has 1 aliphatic heterocycles. The van der Waals surface area contributed by atoms with Crippen molar-refractivity contribution in [3.63, 3.8) is 0 Å². The van der Waals surface area contributed by atoms with E-state index in [0.717, 1.165) is 4.90 Å². The number of carboxylic acid groups (broad SMARTS) is 1. The maximum Gasteiger partial charge on any atom is 0.337 e. The van der Waals surface area contributed by atoms with Crippen molar-refractivity contribution in [1.29, 1.82) is 0 Å². The molecule has 1 aromatic carbocycles. The van der Waals surface area contributed by atoms with E-state index in [0.29, 0.717) is 0 Å². The van der Waals surface area contributed by atoms with Gasteiger partial charge in [0.1, 0.15) is 0 Å². The third-order valence-corrected chi connectivity index (χ3v) is 4.40. The fraction of sp³-hybridized carbons (Fsp3) is 0.400. The van der Waals surface area contributed by atoms with Gasteiger partial charge < -0.3 is 5.11 Å². The molecule has 1 atom stereocenters. The van der Waals surface area contributed by atoms with E-state index in [4.69, 9.17) is 11.6 Å². The van der Waals surface area contributed by atoms with Gasteiger partial charge in [0.25, 0.3) is 0 Å². The molecule has 112 valence electrons. The average molecular weight is 310 g/mol. The number of carbonyl (C=O) groups is 3. The highest BCUT2D eigenvalue weighted by molar-refractivity contribution is 6.32. The molecule has 6 heteroatoms. The summed E-state index contributed by atoms with van der Waals surface area (Å²) in [5.41, 5.74) is -0.904. The predicted octanol–water partition coefficient (Wildman–Crippen LogP) is 2.96. The molecular weight excluding hydrogens is 294 g/mol. The second-order valence-electron chi connectivity index (χ2n) is 5.75. The van der Waals surface area contributed by atoms with E-state index in [1.54, 1.807) is 6.92 Å². The summed E-state index contributed by atoms with van der Waals surface area (Å²) in [6.07, 6.45) is 0.0646. The molecule has 0 radical (unpaired) electrons. The van der Waals surface area contributed by atoms with Crippen LogP contribution in [-0.2, 0) is 9.59 Å². The van der Waals surface area contributed by atoms with Gasteiger partial charge in [-0.3, -0.25) is 9.59 Å². The lowest BCUT2D eigenvalue weighted by Crippen LogP contribution is -2.37. The highest BCUT2D eigenvalue weighted by Gasteiger charge is 2.51. The van der Waals surface area contributed by atoms with Crippen LogP contribution in [0.15, 0.2) is 18.2 Å². The number of hydrogen-bond acceptors (Lipinski definition) is 3. The Balaban J connectivity index is 2.58. The molecule has 0 spiro atoms. The van der Waals surface area contributed by atoms with Crippen LogP contribution in [0.2, 0.25) is 5.02 Å². The van der Waals surface area contributed by atoms with E-state index in [2.05, 4.69) is 0 Å². The zero-order valence-electron chi connectivity index (χ0n) is 12.0. The molecule has 5 nitrogen and oxygen atoms in total. The zero-order chi connectivity index (χ0) is 15.9. The van der Waals surface area contributed by atoms with Gasteiger partial charge >= 0.3 is 5.97 Å². The van der Waals surface area contributed by atoms with Crippen molar-refractivity contribution >= 4 is 35.1 Å². The molecule has 1 heterocycles. The average Bonchev–Trinajstić information content (AvgIpc) is 2.60. The largest absolute Gasteiger partial charge is 0.478 e. The van der Waals surface area contributed by atoms with Crippen LogP contribution in [0, 0.1) is 11.3 Å². The van der Waals surface area contributed by atoms with Crippen molar-refractivity contribution in [3.05, 3.63) is 28.8 Å². The van der Waals surface area contributed by atoms with Gasteiger partial charge in [0.15, 0.2) is 0 Å². The second-order valence-corrected chi connectivity index (χ2v) is 6.19. The van der Waals surface area contributed by atoms with Crippen LogP contribution in [0.3, 0.4) is 0 Å². The highest BCUT2D eigenvalue weighted by Crippen LogP contribution is 2.42. The van der Waals surface area contributed by atoms with Crippen molar-refractivity contribution in [3.8, 4) is 0 Å². The normalized spacial score (nSPS) is 22.2. The summed E-state index contributed by atoms with van der Waals surface area (Å²) in [5.74, 6) is -2.03. The Bertz CT molecular complexity index is 641. The van der Waals surface area contributed by atoms with Gasteiger partial charge in [-0.05, 0) is 31.0 Å². The third-order valence-electron chi connectivity index (χ3n) is 4.16. The predicted molar refractivity (Wildman–Crippen MR) is 78.5 cm³/mol. The van der Waals surface area contributed by atoms with Crippen LogP contribution in [0.25, 0.3) is 0 Å². The van der Waals surface area contributed by atoms with E-state index < -0.39 is 17.3 Å². The van der Waals surface area contributed by atoms with Gasteiger partial charge in [0.2, 0.25) is 11.8 Å². The summed E-state index contributed by atoms with van der Waals surface area (Å²) in [6, 6.07) is 4.06. The minimum atomic E-state index is -1.21. The minimum absolute atomic E-state index is 0.0357. The number of rotatable bonds is 3. The van der Waals surface area contributed by atoms with Crippen molar-refractivity contribution in [2.24, 2.45) is 11.3 Å². The van der Waals surface area contributed by atoms with Gasteiger partial charge in [-0.2, -0.15) is 0 Å². The van der Waals surface area contributed by atoms with E-state index in [1.807, 2.05) is 13.8 Å². The summed E-state index contributed by atoms with van der Waals surface area (Å²) >= 11 is 5.89. The van der Waals surface area contributed by atoms with E-state index in [-0.39, 0.29) is 34.5 Å². The fourth-order valence-corrected chi connectivity index (χ4v) is 2.57. The van der Waals surface area contributed by atoms with E-state index in [1.165, 1.54) is 18.2 Å². The van der Waals surface area contributed by atoms with E-state index in [9.17, 15) is 19.5 Å². The summed E-state index contributed by atoms with van der Waals surface area (Å²) in [6.45, 7) is 5.46. The van der Waals surface area contributed by atoms with Crippen LogP contribution in [0.1, 0.15) is 37.6 Å². The van der Waals surface area contributed by atoms with Crippen LogP contribution in [0.4, 0.5) is 5.69 Å². The fourth-order valence-electron chi connectivity index (χ4n) is 2.40. The number of amides is 2. The van der Waals surface area contributed by atoms with E-state index >= 15 is 0 Å². The number of carboxylic acids is 1. The molecule has 0 aromatic heterocycles. The summed E-state index contributed by atoms with van der Waals surface area (Å²) < 4.78 is 0. The molecule has 1 aliphatic rings. The smallest absolute Gasteiger partial charge is 0.337 e. The summed E-state index contributed by atoms with van der Waals surface area (Å²) in [4.78, 5) is 37.2. The SMILES string of the molecule is CC(C)C1(C)CC(=O)N(c2cc(Cl)ccc2C(=O)O)C1=O. The number of halogens is 1. The molecule has 1 unspecified atom stereocenters. The Kier molecular flexibility index (Phi) is 3.80. The Hall–Kier alpha value is -1.88. The lowest BCUT2D eigenvalue weighted by Gasteiger charge is -2.26. The Labute approximate surface area is 127 Å². The zero-order valence-corrected chi connectivity index (χ0v) is 12.8. The number of nitrogens with zero attached hydrogens (tertiary/aromatic N) is 1. The Morgan fingerprint density at radius 1 is 1.38 bits per heavy atom. The first-order chi connectivity index (χ1) is 9.68. The molecule has 21 heavy (non-hydrogen) atoms. The first-order valence-corrected chi connectivity index (χ1v) is 6.96. The van der Waals surface area contributed by atoms with Gasteiger partial charge in [-0.15, -0.1) is 0 Å². The maximum atomic E-state index is 12.6. The lowest BCUT2D eigenvalue weighted by molar-refractivity contribution is -0.126. The van der Waals surface area contributed by atoms with Crippen molar-refractivity contribution in [2.75, 3.05) is 4.90 Å². The van der Waals surface area contributed by atoms with Gasteiger partial charge in [0, 0.05) is 11.4 Å². The molecule has 0 bridgehead atoms. The first kappa shape index (κ1) is 15.5. The summed E-state index contributed by atoms with van der Waals surface area (Å²) in [7, 11) is 0. The Morgan fingerprint density at radius 3 is 2.48 bits per heavy atom. The quantitative estimate of drug-likeness (QED) is 0.871. The second kappa shape index (κ2) is 5.15. The van der Waals surface area contributed by atoms with Crippen LogP contribution in [0.5, 0.6) is 0 Å². The number of hydrogen-bond donors (Lipinski definition) is 1. The van der Waals surface area contributed by atoms with Crippen molar-refractivity contribution in [2.45, 2.75) is 27.2 Å². The molecule has 0 aliphatic carbocycles. The molecule has 1 N–H and O–H groups in total. The number of imide groups is 1. The molecule has 1 fully saturated rings. The van der Waals surface area contributed by atoms with Crippen molar-refractivity contribution in [1.82, 2.24) is 0 Å². The summed E-state index contributed by atoms with van der Waals surface area (Å²) in [5, 5.41) is 9.51. The number of aromatic carboxylic acids is 1. The van der Waals surface area contributed by atoms with Crippen LogP contribution < -0.4 is 4.90 Å². The number of anilines is 1. The molecule has 2 rings (SSSR count). The van der Waals surface area contributed by atoms with Crippen LogP contribution in [-0.4, -0.2) is 22.9 Å². The lowest BCUT2D eigenvalue weighted by atomic mass is 9.78. The number of carbonyl (C=O) groups excluding carboxylic acids is 2.